The molecule has 0 aliphatic heterocycles. The van der Waals surface area contributed by atoms with E-state index in [9.17, 15) is 0 Å². The van der Waals surface area contributed by atoms with Crippen molar-refractivity contribution in [3.63, 3.8) is 0 Å². The molecule has 1 rings (SSSR count). The zero-order chi connectivity index (χ0) is 14.3. The van der Waals surface area contributed by atoms with Crippen LogP contribution in [0, 0.1) is 17.8 Å². The average Bonchev–Trinajstić information content (AvgIpc) is 2.59. The van der Waals surface area contributed by atoms with Crippen molar-refractivity contribution in [2.75, 3.05) is 13.2 Å². The molecule has 1 aliphatic carbocycles. The summed E-state index contributed by atoms with van der Waals surface area (Å²) in [7, 11) is 0. The molecule has 1 fully saturated rings. The molecule has 19 heavy (non-hydrogen) atoms. The monoisotopic (exact) mass is 269 g/mol. The number of ether oxygens (including phenoxy) is 1. The summed E-state index contributed by atoms with van der Waals surface area (Å²) in [5.74, 6) is 2.44. The molecule has 1 saturated carbocycles. The quantitative estimate of drug-likeness (QED) is 0.698. The van der Waals surface area contributed by atoms with E-state index in [1.165, 1.54) is 32.1 Å². The summed E-state index contributed by atoms with van der Waals surface area (Å²) in [6.07, 6.45) is 6.90. The first-order chi connectivity index (χ1) is 9.04. The lowest BCUT2D eigenvalue weighted by atomic mass is 9.89. The smallest absolute Gasteiger partial charge is 0.0622 e. The molecule has 1 aliphatic rings. The van der Waals surface area contributed by atoms with Crippen molar-refractivity contribution in [3.05, 3.63) is 0 Å². The Bertz CT molecular complexity index is 227. The first-order valence-corrected chi connectivity index (χ1v) is 8.38. The SMILES string of the molecule is CCOCC(NC1CCCC(C(C)C)CC1)C(C)C. The van der Waals surface area contributed by atoms with Crippen molar-refractivity contribution >= 4 is 0 Å². The highest BCUT2D eigenvalue weighted by molar-refractivity contribution is 4.81. The van der Waals surface area contributed by atoms with E-state index in [1.54, 1.807) is 0 Å². The highest BCUT2D eigenvalue weighted by Crippen LogP contribution is 2.29. The lowest BCUT2D eigenvalue weighted by molar-refractivity contribution is 0.102. The lowest BCUT2D eigenvalue weighted by Gasteiger charge is -2.28. The molecule has 114 valence electrons. The standard InChI is InChI=1S/C17H35NO/c1-6-19-12-17(14(4)5)18-16-9-7-8-15(10-11-16)13(2)3/h13-18H,6-12H2,1-5H3. The Morgan fingerprint density at radius 1 is 1.05 bits per heavy atom. The van der Waals surface area contributed by atoms with Gasteiger partial charge in [0.25, 0.3) is 0 Å². The number of hydrogen-bond acceptors (Lipinski definition) is 2. The van der Waals surface area contributed by atoms with Crippen molar-refractivity contribution < 1.29 is 4.74 Å². The minimum absolute atomic E-state index is 0.514. The summed E-state index contributed by atoms with van der Waals surface area (Å²) in [6.45, 7) is 13.1. The molecule has 0 aromatic rings. The summed E-state index contributed by atoms with van der Waals surface area (Å²) >= 11 is 0. The van der Waals surface area contributed by atoms with E-state index in [1.807, 2.05) is 0 Å². The topological polar surface area (TPSA) is 21.3 Å². The molecule has 0 amide bonds. The van der Waals surface area contributed by atoms with E-state index < -0.39 is 0 Å². The second-order valence-corrected chi connectivity index (χ2v) is 6.89. The van der Waals surface area contributed by atoms with Gasteiger partial charge >= 0.3 is 0 Å². The molecule has 0 aromatic carbocycles. The Hall–Kier alpha value is -0.0800. The predicted octanol–water partition coefficient (Wildman–Crippen LogP) is 4.24. The van der Waals surface area contributed by atoms with E-state index in [-0.39, 0.29) is 0 Å². The van der Waals surface area contributed by atoms with Gasteiger partial charge in [0.05, 0.1) is 6.61 Å². The van der Waals surface area contributed by atoms with Crippen LogP contribution in [0.15, 0.2) is 0 Å². The molecule has 0 spiro atoms. The number of rotatable bonds is 7. The fourth-order valence-electron chi connectivity index (χ4n) is 3.14. The first kappa shape index (κ1) is 17.0. The fourth-order valence-corrected chi connectivity index (χ4v) is 3.14. The summed E-state index contributed by atoms with van der Waals surface area (Å²) in [5.41, 5.74) is 0. The van der Waals surface area contributed by atoms with Crippen molar-refractivity contribution in [2.45, 2.75) is 78.8 Å². The summed E-state index contributed by atoms with van der Waals surface area (Å²) < 4.78 is 5.63. The number of hydrogen-bond donors (Lipinski definition) is 1. The molecular weight excluding hydrogens is 234 g/mol. The molecule has 0 heterocycles. The van der Waals surface area contributed by atoms with Gasteiger partial charge in [-0.3, -0.25) is 0 Å². The Morgan fingerprint density at radius 2 is 1.79 bits per heavy atom. The van der Waals surface area contributed by atoms with Crippen molar-refractivity contribution in [2.24, 2.45) is 17.8 Å². The molecule has 2 nitrogen and oxygen atoms in total. The normalized spacial score (nSPS) is 26.7. The third kappa shape index (κ3) is 6.27. The highest BCUT2D eigenvalue weighted by atomic mass is 16.5. The van der Waals surface area contributed by atoms with E-state index in [2.05, 4.69) is 39.9 Å². The second kappa shape index (κ2) is 8.97. The average molecular weight is 269 g/mol. The summed E-state index contributed by atoms with van der Waals surface area (Å²) in [6, 6.07) is 1.22. The molecular formula is C17H35NO. The Kier molecular flexibility index (Phi) is 8.01. The van der Waals surface area contributed by atoms with Gasteiger partial charge in [-0.1, -0.05) is 40.5 Å². The van der Waals surface area contributed by atoms with Crippen LogP contribution in [0.5, 0.6) is 0 Å². The third-order valence-electron chi connectivity index (χ3n) is 4.71. The largest absolute Gasteiger partial charge is 0.380 e. The van der Waals surface area contributed by atoms with Crippen LogP contribution in [-0.2, 0) is 4.74 Å². The van der Waals surface area contributed by atoms with Crippen molar-refractivity contribution in [1.29, 1.82) is 0 Å². The second-order valence-electron chi connectivity index (χ2n) is 6.89. The Labute approximate surface area is 120 Å². The van der Waals surface area contributed by atoms with Crippen LogP contribution in [0.3, 0.4) is 0 Å². The van der Waals surface area contributed by atoms with Crippen molar-refractivity contribution in [3.8, 4) is 0 Å². The predicted molar refractivity (Wildman–Crippen MR) is 83.5 cm³/mol. The van der Waals surface area contributed by atoms with Crippen LogP contribution in [0.4, 0.5) is 0 Å². The van der Waals surface area contributed by atoms with Gasteiger partial charge < -0.3 is 10.1 Å². The van der Waals surface area contributed by atoms with Gasteiger partial charge in [0.15, 0.2) is 0 Å². The van der Waals surface area contributed by atoms with Gasteiger partial charge in [-0.05, 0) is 43.9 Å². The fraction of sp³-hybridized carbons (Fsp3) is 1.00. The van der Waals surface area contributed by atoms with Crippen LogP contribution >= 0.6 is 0 Å². The van der Waals surface area contributed by atoms with E-state index in [4.69, 9.17) is 4.74 Å². The van der Waals surface area contributed by atoms with Gasteiger partial charge in [0.1, 0.15) is 0 Å². The van der Waals surface area contributed by atoms with Crippen LogP contribution in [0.2, 0.25) is 0 Å². The molecule has 0 radical (unpaired) electrons. The molecule has 3 atom stereocenters. The molecule has 0 aromatic heterocycles. The first-order valence-electron chi connectivity index (χ1n) is 8.38. The maximum absolute atomic E-state index is 5.63. The highest BCUT2D eigenvalue weighted by Gasteiger charge is 2.23. The Morgan fingerprint density at radius 3 is 2.37 bits per heavy atom. The molecule has 1 N–H and O–H groups in total. The minimum atomic E-state index is 0.514. The maximum Gasteiger partial charge on any atom is 0.0622 e. The summed E-state index contributed by atoms with van der Waals surface area (Å²) in [5, 5.41) is 3.86. The molecule has 2 heteroatoms. The molecule has 3 unspecified atom stereocenters. The van der Waals surface area contributed by atoms with Crippen LogP contribution in [0.1, 0.15) is 66.7 Å². The van der Waals surface area contributed by atoms with Gasteiger partial charge in [-0.15, -0.1) is 0 Å². The zero-order valence-corrected chi connectivity index (χ0v) is 13.7. The Balaban J connectivity index is 2.41. The van der Waals surface area contributed by atoms with Crippen molar-refractivity contribution in [1.82, 2.24) is 5.32 Å². The van der Waals surface area contributed by atoms with Crippen LogP contribution < -0.4 is 5.32 Å². The third-order valence-corrected chi connectivity index (χ3v) is 4.71. The van der Waals surface area contributed by atoms with Gasteiger partial charge in [0, 0.05) is 18.7 Å². The molecule has 0 saturated heterocycles. The van der Waals surface area contributed by atoms with E-state index in [0.29, 0.717) is 18.0 Å². The van der Waals surface area contributed by atoms with E-state index >= 15 is 0 Å². The van der Waals surface area contributed by atoms with Gasteiger partial charge in [-0.25, -0.2) is 0 Å². The van der Waals surface area contributed by atoms with Gasteiger partial charge in [-0.2, -0.15) is 0 Å². The van der Waals surface area contributed by atoms with Crippen LogP contribution in [0.25, 0.3) is 0 Å². The summed E-state index contributed by atoms with van der Waals surface area (Å²) in [4.78, 5) is 0. The van der Waals surface area contributed by atoms with Crippen LogP contribution in [-0.4, -0.2) is 25.3 Å². The number of nitrogens with one attached hydrogen (secondary N) is 1. The minimum Gasteiger partial charge on any atom is -0.380 e. The van der Waals surface area contributed by atoms with E-state index in [0.717, 1.165) is 25.0 Å². The molecule has 0 bridgehead atoms. The maximum atomic E-state index is 5.63. The lowest BCUT2D eigenvalue weighted by Crippen LogP contribution is -2.44. The zero-order valence-electron chi connectivity index (χ0n) is 13.7. The van der Waals surface area contributed by atoms with Gasteiger partial charge in [0.2, 0.25) is 0 Å².